The number of carbonyl (C=O) groups is 2. The Balaban J connectivity index is 2.22. The number of anilines is 1. The summed E-state index contributed by atoms with van der Waals surface area (Å²) in [5.74, 6) is -0.310. The Morgan fingerprint density at radius 3 is 2.53 bits per heavy atom. The molecular weight excluding hydrogens is 242 g/mol. The predicted molar refractivity (Wildman–Crippen MR) is 74.8 cm³/mol. The van der Waals surface area contributed by atoms with E-state index in [0.29, 0.717) is 5.69 Å². The minimum atomic E-state index is -0.722. The first kappa shape index (κ1) is 12.9. The summed E-state index contributed by atoms with van der Waals surface area (Å²) in [6, 6.07) is 12.0. The minimum absolute atomic E-state index is 0.310. The molecule has 0 bridgehead atoms. The number of fused-ring (bicyclic) bond motifs is 1. The van der Waals surface area contributed by atoms with E-state index in [4.69, 9.17) is 5.73 Å². The van der Waals surface area contributed by atoms with Crippen LogP contribution in [-0.2, 0) is 4.79 Å². The lowest BCUT2D eigenvalue weighted by Gasteiger charge is -2.14. The van der Waals surface area contributed by atoms with E-state index in [0.717, 1.165) is 10.8 Å². The molecule has 3 amide bonds. The highest BCUT2D eigenvalue weighted by Crippen LogP contribution is 2.22. The van der Waals surface area contributed by atoms with Crippen molar-refractivity contribution in [1.29, 1.82) is 0 Å². The van der Waals surface area contributed by atoms with Crippen LogP contribution >= 0.6 is 0 Å². The van der Waals surface area contributed by atoms with Crippen LogP contribution in [0.15, 0.2) is 42.5 Å². The van der Waals surface area contributed by atoms with Crippen molar-refractivity contribution in [3.63, 3.8) is 0 Å². The molecule has 0 aliphatic heterocycles. The van der Waals surface area contributed by atoms with Crippen LogP contribution < -0.4 is 16.4 Å². The van der Waals surface area contributed by atoms with Crippen LogP contribution in [0.3, 0.4) is 0 Å². The molecule has 0 saturated heterocycles. The zero-order chi connectivity index (χ0) is 13.8. The van der Waals surface area contributed by atoms with Crippen LogP contribution in [0.25, 0.3) is 10.8 Å². The van der Waals surface area contributed by atoms with E-state index in [-0.39, 0.29) is 5.91 Å². The molecule has 5 nitrogen and oxygen atoms in total. The molecule has 0 aliphatic carbocycles. The van der Waals surface area contributed by atoms with Crippen molar-refractivity contribution < 1.29 is 9.59 Å². The van der Waals surface area contributed by atoms with Gasteiger partial charge in [-0.05, 0) is 18.4 Å². The standard InChI is InChI=1S/C14H15N3O2/c1-9(16-14(15)19)13(18)17-12-8-4-6-10-5-2-3-7-11(10)12/h2-9H,1H3,(H,17,18)(H3,15,16,19). The molecular formula is C14H15N3O2. The molecule has 5 heteroatoms. The van der Waals surface area contributed by atoms with Crippen molar-refractivity contribution in [3.8, 4) is 0 Å². The number of carbonyl (C=O) groups excluding carboxylic acids is 2. The predicted octanol–water partition coefficient (Wildman–Crippen LogP) is 1.84. The van der Waals surface area contributed by atoms with E-state index in [1.54, 1.807) is 6.92 Å². The maximum atomic E-state index is 11.9. The second kappa shape index (κ2) is 5.39. The lowest BCUT2D eigenvalue weighted by molar-refractivity contribution is -0.117. The van der Waals surface area contributed by atoms with Crippen molar-refractivity contribution in [3.05, 3.63) is 42.5 Å². The largest absolute Gasteiger partial charge is 0.352 e. The summed E-state index contributed by atoms with van der Waals surface area (Å²) in [4.78, 5) is 22.6. The summed E-state index contributed by atoms with van der Waals surface area (Å²) in [6.07, 6.45) is 0. The summed E-state index contributed by atoms with van der Waals surface area (Å²) >= 11 is 0. The zero-order valence-electron chi connectivity index (χ0n) is 10.5. The molecule has 2 aromatic carbocycles. The summed E-state index contributed by atoms with van der Waals surface area (Å²) in [5.41, 5.74) is 5.69. The fraction of sp³-hybridized carbons (Fsp3) is 0.143. The van der Waals surface area contributed by atoms with Gasteiger partial charge in [-0.25, -0.2) is 4.79 Å². The average molecular weight is 257 g/mol. The van der Waals surface area contributed by atoms with Crippen LogP contribution in [0, 0.1) is 0 Å². The molecule has 0 fully saturated rings. The number of hydrogen-bond acceptors (Lipinski definition) is 2. The Morgan fingerprint density at radius 2 is 1.79 bits per heavy atom. The zero-order valence-corrected chi connectivity index (χ0v) is 10.5. The summed E-state index contributed by atoms with van der Waals surface area (Å²) in [7, 11) is 0. The lowest BCUT2D eigenvalue weighted by Crippen LogP contribution is -2.44. The van der Waals surface area contributed by atoms with Gasteiger partial charge >= 0.3 is 6.03 Å². The molecule has 2 rings (SSSR count). The Bertz CT molecular complexity index is 620. The maximum Gasteiger partial charge on any atom is 0.312 e. The molecule has 1 unspecified atom stereocenters. The smallest absolute Gasteiger partial charge is 0.312 e. The monoisotopic (exact) mass is 257 g/mol. The van der Waals surface area contributed by atoms with Crippen molar-refractivity contribution in [2.24, 2.45) is 5.73 Å². The van der Waals surface area contributed by atoms with Crippen LogP contribution in [0.4, 0.5) is 10.5 Å². The van der Waals surface area contributed by atoms with Gasteiger partial charge in [-0.1, -0.05) is 36.4 Å². The van der Waals surface area contributed by atoms with Gasteiger partial charge in [-0.2, -0.15) is 0 Å². The Kier molecular flexibility index (Phi) is 3.66. The molecule has 0 saturated carbocycles. The SMILES string of the molecule is CC(NC(N)=O)C(=O)Nc1cccc2ccccc12. The van der Waals surface area contributed by atoms with Gasteiger partial charge in [-0.15, -0.1) is 0 Å². The molecule has 4 N–H and O–H groups in total. The molecule has 19 heavy (non-hydrogen) atoms. The number of rotatable bonds is 3. The Morgan fingerprint density at radius 1 is 1.11 bits per heavy atom. The van der Waals surface area contributed by atoms with E-state index in [1.807, 2.05) is 42.5 Å². The molecule has 2 aromatic rings. The average Bonchev–Trinajstić information content (AvgIpc) is 2.38. The topological polar surface area (TPSA) is 84.2 Å². The second-order valence-electron chi connectivity index (χ2n) is 4.25. The fourth-order valence-corrected chi connectivity index (χ4v) is 1.85. The highest BCUT2D eigenvalue weighted by atomic mass is 16.2. The van der Waals surface area contributed by atoms with Gasteiger partial charge in [0.1, 0.15) is 6.04 Å². The molecule has 0 aliphatic rings. The highest BCUT2D eigenvalue weighted by Gasteiger charge is 2.14. The van der Waals surface area contributed by atoms with Gasteiger partial charge in [0.15, 0.2) is 0 Å². The highest BCUT2D eigenvalue weighted by molar-refractivity contribution is 6.04. The Labute approximate surface area is 110 Å². The molecule has 0 aromatic heterocycles. The number of hydrogen-bond donors (Lipinski definition) is 3. The van der Waals surface area contributed by atoms with Gasteiger partial charge < -0.3 is 16.4 Å². The Hall–Kier alpha value is -2.56. The first-order valence-electron chi connectivity index (χ1n) is 5.92. The number of benzene rings is 2. The van der Waals surface area contributed by atoms with Gasteiger partial charge in [0, 0.05) is 11.1 Å². The summed E-state index contributed by atoms with van der Waals surface area (Å²) < 4.78 is 0. The second-order valence-corrected chi connectivity index (χ2v) is 4.25. The van der Waals surface area contributed by atoms with Crippen molar-refractivity contribution in [2.75, 3.05) is 5.32 Å². The van der Waals surface area contributed by atoms with Crippen LogP contribution in [0.5, 0.6) is 0 Å². The van der Waals surface area contributed by atoms with E-state index in [1.165, 1.54) is 0 Å². The molecule has 98 valence electrons. The van der Waals surface area contributed by atoms with Crippen molar-refractivity contribution in [2.45, 2.75) is 13.0 Å². The van der Waals surface area contributed by atoms with Gasteiger partial charge in [0.05, 0.1) is 0 Å². The maximum absolute atomic E-state index is 11.9. The third-order valence-corrected chi connectivity index (χ3v) is 2.80. The number of urea groups is 1. The van der Waals surface area contributed by atoms with Crippen molar-refractivity contribution in [1.82, 2.24) is 5.32 Å². The fourth-order valence-electron chi connectivity index (χ4n) is 1.85. The van der Waals surface area contributed by atoms with Gasteiger partial charge in [0.2, 0.25) is 5.91 Å². The molecule has 1 atom stereocenters. The van der Waals surface area contributed by atoms with Crippen LogP contribution in [0.1, 0.15) is 6.92 Å². The summed E-state index contributed by atoms with van der Waals surface area (Å²) in [5, 5.41) is 7.10. The third-order valence-electron chi connectivity index (χ3n) is 2.80. The number of primary amides is 1. The van der Waals surface area contributed by atoms with E-state index in [9.17, 15) is 9.59 Å². The first-order valence-corrected chi connectivity index (χ1v) is 5.92. The number of nitrogens with one attached hydrogen (secondary N) is 2. The van der Waals surface area contributed by atoms with Gasteiger partial charge in [0.25, 0.3) is 0 Å². The number of nitrogens with two attached hydrogens (primary N) is 1. The van der Waals surface area contributed by atoms with E-state index >= 15 is 0 Å². The first-order chi connectivity index (χ1) is 9.08. The molecule has 0 spiro atoms. The van der Waals surface area contributed by atoms with E-state index < -0.39 is 12.1 Å². The number of amides is 3. The molecule has 0 heterocycles. The summed E-state index contributed by atoms with van der Waals surface area (Å²) in [6.45, 7) is 1.57. The third kappa shape index (κ3) is 3.01. The normalized spacial score (nSPS) is 11.8. The van der Waals surface area contributed by atoms with Crippen LogP contribution in [-0.4, -0.2) is 18.0 Å². The minimum Gasteiger partial charge on any atom is -0.352 e. The lowest BCUT2D eigenvalue weighted by atomic mass is 10.1. The van der Waals surface area contributed by atoms with Gasteiger partial charge in [-0.3, -0.25) is 4.79 Å². The quantitative estimate of drug-likeness (QED) is 0.783. The van der Waals surface area contributed by atoms with Crippen molar-refractivity contribution >= 4 is 28.4 Å². The van der Waals surface area contributed by atoms with E-state index in [2.05, 4.69) is 10.6 Å². The molecule has 0 radical (unpaired) electrons. The van der Waals surface area contributed by atoms with Crippen LogP contribution in [0.2, 0.25) is 0 Å².